The van der Waals surface area contributed by atoms with Gasteiger partial charge in [-0.1, -0.05) is 6.92 Å². The highest BCUT2D eigenvalue weighted by Gasteiger charge is 2.34. The van der Waals surface area contributed by atoms with Crippen molar-refractivity contribution in [3.05, 3.63) is 0 Å². The van der Waals surface area contributed by atoms with Crippen LogP contribution < -0.4 is 5.32 Å². The molecule has 0 aromatic rings. The molecular weight excluding hydrogens is 184 g/mol. The largest absolute Gasteiger partial charge is 0.325 e. The average molecular weight is 202 g/mol. The van der Waals surface area contributed by atoms with E-state index in [1.165, 1.54) is 0 Å². The van der Waals surface area contributed by atoms with Crippen LogP contribution >= 0.6 is 11.8 Å². The number of hydrogen-bond donors (Lipinski definition) is 1. The lowest BCUT2D eigenvalue weighted by atomic mass is 10.3. The average Bonchev–Trinajstić information content (AvgIpc) is 2.40. The van der Waals surface area contributed by atoms with Gasteiger partial charge in [0, 0.05) is 12.3 Å². The highest BCUT2D eigenvalue weighted by molar-refractivity contribution is 7.98. The summed E-state index contributed by atoms with van der Waals surface area (Å²) in [6.07, 6.45) is 3.32. The molecule has 1 amide bonds. The quantitative estimate of drug-likeness (QED) is 0.735. The van der Waals surface area contributed by atoms with E-state index in [1.54, 1.807) is 11.8 Å². The summed E-state index contributed by atoms with van der Waals surface area (Å²) in [7, 11) is 0. The first kappa shape index (κ1) is 10.9. The van der Waals surface area contributed by atoms with E-state index in [-0.39, 0.29) is 18.1 Å². The van der Waals surface area contributed by atoms with Crippen molar-refractivity contribution in [1.29, 1.82) is 0 Å². The van der Waals surface area contributed by atoms with E-state index in [1.807, 2.05) is 11.8 Å². The maximum Gasteiger partial charge on any atom is 0.240 e. The second-order valence-corrected chi connectivity index (χ2v) is 4.32. The molecule has 1 heterocycles. The Balaban J connectivity index is 2.52. The van der Waals surface area contributed by atoms with Crippen LogP contribution in [0.4, 0.5) is 0 Å². The van der Waals surface area contributed by atoms with Crippen LogP contribution in [0.15, 0.2) is 0 Å². The number of nitrogens with one attached hydrogen (secondary N) is 1. The molecule has 13 heavy (non-hydrogen) atoms. The summed E-state index contributed by atoms with van der Waals surface area (Å²) < 4.78 is 0. The predicted octanol–water partition coefficient (Wildman–Crippen LogP) is 0.906. The van der Waals surface area contributed by atoms with Crippen molar-refractivity contribution in [1.82, 2.24) is 10.2 Å². The Bertz CT molecular complexity index is 186. The molecule has 1 saturated heterocycles. The van der Waals surface area contributed by atoms with Crippen LogP contribution in [-0.2, 0) is 4.79 Å². The third kappa shape index (κ3) is 2.38. The predicted molar refractivity (Wildman–Crippen MR) is 56.8 cm³/mol. The molecule has 0 bridgehead atoms. The fourth-order valence-electron chi connectivity index (χ4n) is 1.65. The van der Waals surface area contributed by atoms with Gasteiger partial charge < -0.3 is 4.90 Å². The highest BCUT2D eigenvalue weighted by atomic mass is 32.2. The van der Waals surface area contributed by atoms with Gasteiger partial charge in [0.25, 0.3) is 0 Å². The molecular formula is C9H18N2OS. The molecule has 0 spiro atoms. The Hall–Kier alpha value is -0.220. The van der Waals surface area contributed by atoms with Crippen molar-refractivity contribution in [2.75, 3.05) is 18.6 Å². The molecule has 0 aromatic heterocycles. The first-order valence-electron chi connectivity index (χ1n) is 4.76. The number of thioether (sulfide) groups is 1. The van der Waals surface area contributed by atoms with Gasteiger partial charge in [0.1, 0.15) is 0 Å². The Labute approximate surface area is 84.2 Å². The Morgan fingerprint density at radius 1 is 1.62 bits per heavy atom. The fourth-order valence-corrected chi connectivity index (χ4v) is 2.03. The lowest BCUT2D eigenvalue weighted by Gasteiger charge is -2.22. The van der Waals surface area contributed by atoms with Crippen molar-refractivity contribution in [2.24, 2.45) is 0 Å². The third-order valence-electron chi connectivity index (χ3n) is 2.40. The van der Waals surface area contributed by atoms with Crippen molar-refractivity contribution in [3.63, 3.8) is 0 Å². The molecule has 2 unspecified atom stereocenters. The zero-order valence-electron chi connectivity index (χ0n) is 8.54. The minimum atomic E-state index is 0.00630. The standard InChI is InChI=1S/C9H18N2OS/c1-4-8-10-7(2)9(12)11(8)5-6-13-3/h7-8,10H,4-6H2,1-3H3. The van der Waals surface area contributed by atoms with E-state index >= 15 is 0 Å². The monoisotopic (exact) mass is 202 g/mol. The fraction of sp³-hybridized carbons (Fsp3) is 0.889. The summed E-state index contributed by atoms with van der Waals surface area (Å²) in [6, 6.07) is 0.00630. The van der Waals surface area contributed by atoms with Crippen molar-refractivity contribution >= 4 is 17.7 Å². The van der Waals surface area contributed by atoms with Gasteiger partial charge in [0.15, 0.2) is 0 Å². The van der Waals surface area contributed by atoms with E-state index in [4.69, 9.17) is 0 Å². The smallest absolute Gasteiger partial charge is 0.240 e. The summed E-state index contributed by atoms with van der Waals surface area (Å²) >= 11 is 1.78. The molecule has 0 radical (unpaired) electrons. The van der Waals surface area contributed by atoms with Crippen LogP contribution in [0.1, 0.15) is 20.3 Å². The van der Waals surface area contributed by atoms with Gasteiger partial charge in [-0.2, -0.15) is 11.8 Å². The Morgan fingerprint density at radius 2 is 2.31 bits per heavy atom. The van der Waals surface area contributed by atoms with Gasteiger partial charge in [-0.15, -0.1) is 0 Å². The van der Waals surface area contributed by atoms with Crippen LogP contribution in [-0.4, -0.2) is 41.6 Å². The maximum absolute atomic E-state index is 11.6. The van der Waals surface area contributed by atoms with E-state index < -0.39 is 0 Å². The number of hydrogen-bond acceptors (Lipinski definition) is 3. The minimum absolute atomic E-state index is 0.00630. The van der Waals surface area contributed by atoms with Gasteiger partial charge >= 0.3 is 0 Å². The lowest BCUT2D eigenvalue weighted by Crippen LogP contribution is -2.38. The van der Waals surface area contributed by atoms with Crippen LogP contribution in [0.25, 0.3) is 0 Å². The van der Waals surface area contributed by atoms with E-state index in [9.17, 15) is 4.79 Å². The topological polar surface area (TPSA) is 32.3 Å². The summed E-state index contributed by atoms with van der Waals surface area (Å²) in [5.74, 6) is 1.28. The third-order valence-corrected chi connectivity index (χ3v) is 2.99. The van der Waals surface area contributed by atoms with Gasteiger partial charge in [0.2, 0.25) is 5.91 Å². The van der Waals surface area contributed by atoms with Gasteiger partial charge in [0.05, 0.1) is 12.2 Å². The van der Waals surface area contributed by atoms with Crippen LogP contribution in [0.3, 0.4) is 0 Å². The molecule has 3 nitrogen and oxygen atoms in total. The number of carbonyl (C=O) groups excluding carboxylic acids is 1. The van der Waals surface area contributed by atoms with Gasteiger partial charge in [-0.05, 0) is 19.6 Å². The summed E-state index contributed by atoms with van der Waals surface area (Å²) in [5, 5.41) is 3.28. The molecule has 76 valence electrons. The second kappa shape index (κ2) is 4.86. The Kier molecular flexibility index (Phi) is 4.06. The molecule has 0 aliphatic carbocycles. The molecule has 4 heteroatoms. The molecule has 1 N–H and O–H groups in total. The molecule has 1 aliphatic heterocycles. The maximum atomic E-state index is 11.6. The first-order valence-corrected chi connectivity index (χ1v) is 6.15. The van der Waals surface area contributed by atoms with Gasteiger partial charge in [-0.25, -0.2) is 0 Å². The number of carbonyl (C=O) groups is 1. The molecule has 2 atom stereocenters. The summed E-state index contributed by atoms with van der Waals surface area (Å²) in [4.78, 5) is 13.6. The Morgan fingerprint density at radius 3 is 2.85 bits per heavy atom. The zero-order chi connectivity index (χ0) is 9.84. The first-order chi connectivity index (χ1) is 6.20. The molecule has 1 aliphatic rings. The van der Waals surface area contributed by atoms with Crippen LogP contribution in [0.2, 0.25) is 0 Å². The van der Waals surface area contributed by atoms with Gasteiger partial charge in [-0.3, -0.25) is 10.1 Å². The summed E-state index contributed by atoms with van der Waals surface area (Å²) in [5.41, 5.74) is 0. The van der Waals surface area contributed by atoms with Crippen LogP contribution in [0.5, 0.6) is 0 Å². The number of amides is 1. The number of rotatable bonds is 4. The molecule has 1 fully saturated rings. The second-order valence-electron chi connectivity index (χ2n) is 3.34. The number of nitrogens with zero attached hydrogens (tertiary/aromatic N) is 1. The van der Waals surface area contributed by atoms with E-state index in [0.717, 1.165) is 18.7 Å². The molecule has 0 aromatic carbocycles. The van der Waals surface area contributed by atoms with Crippen LogP contribution in [0, 0.1) is 0 Å². The van der Waals surface area contributed by atoms with Crippen molar-refractivity contribution < 1.29 is 4.79 Å². The zero-order valence-corrected chi connectivity index (χ0v) is 9.36. The highest BCUT2D eigenvalue weighted by Crippen LogP contribution is 2.13. The summed E-state index contributed by atoms with van der Waals surface area (Å²) in [6.45, 7) is 4.91. The normalized spacial score (nSPS) is 28.5. The lowest BCUT2D eigenvalue weighted by molar-refractivity contribution is -0.129. The van der Waals surface area contributed by atoms with Crippen molar-refractivity contribution in [2.45, 2.75) is 32.5 Å². The minimum Gasteiger partial charge on any atom is -0.325 e. The SMILES string of the molecule is CCC1NC(C)C(=O)N1CCSC. The molecule has 0 saturated carbocycles. The van der Waals surface area contributed by atoms with Crippen molar-refractivity contribution in [3.8, 4) is 0 Å². The van der Waals surface area contributed by atoms with E-state index in [0.29, 0.717) is 0 Å². The van der Waals surface area contributed by atoms with E-state index in [2.05, 4.69) is 18.5 Å². The molecule has 1 rings (SSSR count).